The molecule has 0 spiro atoms. The van der Waals surface area contributed by atoms with E-state index in [2.05, 4.69) is 28.5 Å². The summed E-state index contributed by atoms with van der Waals surface area (Å²) in [7, 11) is 3.39. The van der Waals surface area contributed by atoms with Crippen LogP contribution in [-0.4, -0.2) is 36.7 Å². The van der Waals surface area contributed by atoms with Crippen molar-refractivity contribution in [1.82, 2.24) is 9.36 Å². The minimum atomic E-state index is -0.350. The Morgan fingerprint density at radius 2 is 2.00 bits per heavy atom. The third-order valence-corrected chi connectivity index (χ3v) is 3.62. The van der Waals surface area contributed by atoms with Gasteiger partial charge < -0.3 is 14.8 Å². The smallest absolute Gasteiger partial charge is 0.202 e. The van der Waals surface area contributed by atoms with Crippen LogP contribution in [0.25, 0.3) is 0 Å². The number of nitrogens with zero attached hydrogens (tertiary/aromatic N) is 2. The molecule has 0 amide bonds. The topological polar surface area (TPSA) is 56.3 Å². The van der Waals surface area contributed by atoms with Crippen LogP contribution in [-0.2, 0) is 15.1 Å². The van der Waals surface area contributed by atoms with E-state index in [0.29, 0.717) is 6.61 Å². The molecule has 17 heavy (non-hydrogen) atoms. The van der Waals surface area contributed by atoms with Crippen LogP contribution in [0.1, 0.15) is 32.5 Å². The number of nitrogens with one attached hydrogen (secondary N) is 1. The van der Waals surface area contributed by atoms with Crippen molar-refractivity contribution in [3.63, 3.8) is 0 Å². The first-order chi connectivity index (χ1) is 8.22. The second kappa shape index (κ2) is 6.88. The minimum Gasteiger partial charge on any atom is -0.383 e. The first-order valence-corrected chi connectivity index (χ1v) is 6.62. The Kier molecular flexibility index (Phi) is 5.80. The monoisotopic (exact) mass is 259 g/mol. The van der Waals surface area contributed by atoms with Crippen LogP contribution in [0.5, 0.6) is 0 Å². The zero-order valence-corrected chi connectivity index (χ0v) is 11.8. The van der Waals surface area contributed by atoms with E-state index in [4.69, 9.17) is 9.47 Å². The summed E-state index contributed by atoms with van der Waals surface area (Å²) in [6, 6.07) is 0. The Labute approximate surface area is 107 Å². The summed E-state index contributed by atoms with van der Waals surface area (Å²) >= 11 is 1.37. The van der Waals surface area contributed by atoms with E-state index in [0.717, 1.165) is 30.3 Å². The molecule has 0 saturated heterocycles. The third-order valence-electron chi connectivity index (χ3n) is 2.95. The zero-order valence-electron chi connectivity index (χ0n) is 10.9. The van der Waals surface area contributed by atoms with E-state index >= 15 is 0 Å². The number of ether oxygens (including phenoxy) is 2. The summed E-state index contributed by atoms with van der Waals surface area (Å²) < 4.78 is 14.9. The first-order valence-electron chi connectivity index (χ1n) is 5.84. The average Bonchev–Trinajstić information content (AvgIpc) is 2.82. The molecule has 0 aromatic carbocycles. The maximum Gasteiger partial charge on any atom is 0.202 e. The van der Waals surface area contributed by atoms with Gasteiger partial charge in [-0.3, -0.25) is 0 Å². The Hall–Kier alpha value is -0.720. The molecule has 0 radical (unpaired) electrons. The van der Waals surface area contributed by atoms with E-state index in [1.54, 1.807) is 14.2 Å². The molecule has 0 unspecified atom stereocenters. The highest BCUT2D eigenvalue weighted by Crippen LogP contribution is 2.31. The summed E-state index contributed by atoms with van der Waals surface area (Å²) in [5.74, 6) is 0.773. The van der Waals surface area contributed by atoms with Crippen molar-refractivity contribution in [1.29, 1.82) is 0 Å². The van der Waals surface area contributed by atoms with Gasteiger partial charge in [0.15, 0.2) is 5.82 Å². The van der Waals surface area contributed by atoms with E-state index in [1.807, 2.05) is 0 Å². The van der Waals surface area contributed by atoms with Gasteiger partial charge in [0.25, 0.3) is 0 Å². The van der Waals surface area contributed by atoms with Crippen LogP contribution in [0.15, 0.2) is 0 Å². The SMILES string of the molecule is CCC(CC)(OC)c1nsc(NCCOC)n1. The molecule has 0 aliphatic heterocycles. The fourth-order valence-electron chi connectivity index (χ4n) is 1.69. The fourth-order valence-corrected chi connectivity index (χ4v) is 2.36. The van der Waals surface area contributed by atoms with Crippen molar-refractivity contribution < 1.29 is 9.47 Å². The minimum absolute atomic E-state index is 0.350. The quantitative estimate of drug-likeness (QED) is 0.726. The van der Waals surface area contributed by atoms with Crippen LogP contribution in [0.4, 0.5) is 5.13 Å². The van der Waals surface area contributed by atoms with Gasteiger partial charge in [0.2, 0.25) is 5.13 Å². The standard InChI is InChI=1S/C11H21N3O2S/c1-5-11(6-2,16-4)9-13-10(17-14-9)12-7-8-15-3/h5-8H2,1-4H3,(H,12,13,14). The van der Waals surface area contributed by atoms with Crippen LogP contribution >= 0.6 is 11.5 Å². The highest BCUT2D eigenvalue weighted by atomic mass is 32.1. The van der Waals surface area contributed by atoms with Crippen LogP contribution in [0.2, 0.25) is 0 Å². The van der Waals surface area contributed by atoms with Gasteiger partial charge in [0, 0.05) is 32.3 Å². The van der Waals surface area contributed by atoms with Crippen molar-refractivity contribution >= 4 is 16.7 Å². The van der Waals surface area contributed by atoms with Gasteiger partial charge in [-0.1, -0.05) is 13.8 Å². The van der Waals surface area contributed by atoms with Crippen LogP contribution in [0.3, 0.4) is 0 Å². The van der Waals surface area contributed by atoms with Crippen LogP contribution in [0, 0.1) is 0 Å². The summed E-state index contributed by atoms with van der Waals surface area (Å²) in [4.78, 5) is 4.48. The molecule has 0 fully saturated rings. The van der Waals surface area contributed by atoms with Crippen molar-refractivity contribution in [2.75, 3.05) is 32.7 Å². The first kappa shape index (κ1) is 14.3. The van der Waals surface area contributed by atoms with Gasteiger partial charge >= 0.3 is 0 Å². The predicted octanol–water partition coefficient (Wildman–Crippen LogP) is 2.26. The maximum absolute atomic E-state index is 5.59. The van der Waals surface area contributed by atoms with E-state index in [9.17, 15) is 0 Å². The Balaban J connectivity index is 2.71. The van der Waals surface area contributed by atoms with Crippen molar-refractivity contribution in [3.05, 3.63) is 5.82 Å². The lowest BCUT2D eigenvalue weighted by Gasteiger charge is -2.26. The second-order valence-electron chi connectivity index (χ2n) is 3.75. The molecule has 6 heteroatoms. The molecule has 5 nitrogen and oxygen atoms in total. The van der Waals surface area contributed by atoms with Crippen molar-refractivity contribution in [2.24, 2.45) is 0 Å². The summed E-state index contributed by atoms with van der Waals surface area (Å²) in [6.45, 7) is 5.58. The van der Waals surface area contributed by atoms with Gasteiger partial charge in [-0.05, 0) is 12.8 Å². The maximum atomic E-state index is 5.59. The Morgan fingerprint density at radius 1 is 1.29 bits per heavy atom. The highest BCUT2D eigenvalue weighted by molar-refractivity contribution is 7.09. The lowest BCUT2D eigenvalue weighted by molar-refractivity contribution is -0.0281. The number of anilines is 1. The van der Waals surface area contributed by atoms with Gasteiger partial charge in [-0.2, -0.15) is 4.37 Å². The Morgan fingerprint density at radius 3 is 2.53 bits per heavy atom. The van der Waals surface area contributed by atoms with Gasteiger partial charge in [0.05, 0.1) is 6.61 Å². The molecule has 1 heterocycles. The number of rotatable bonds is 8. The molecule has 0 saturated carbocycles. The summed E-state index contributed by atoms with van der Waals surface area (Å²) in [5, 5.41) is 3.99. The molecule has 1 rings (SSSR count). The predicted molar refractivity (Wildman–Crippen MR) is 69.5 cm³/mol. The van der Waals surface area contributed by atoms with E-state index < -0.39 is 0 Å². The third kappa shape index (κ3) is 3.37. The van der Waals surface area contributed by atoms with Gasteiger partial charge in [-0.15, -0.1) is 0 Å². The van der Waals surface area contributed by atoms with Gasteiger partial charge in [0.1, 0.15) is 5.60 Å². The normalized spacial score (nSPS) is 11.8. The Bertz CT molecular complexity index is 318. The summed E-state index contributed by atoms with van der Waals surface area (Å²) in [6.07, 6.45) is 1.74. The molecule has 0 atom stereocenters. The number of hydrogen-bond donors (Lipinski definition) is 1. The van der Waals surface area contributed by atoms with Crippen LogP contribution < -0.4 is 5.32 Å². The fraction of sp³-hybridized carbons (Fsp3) is 0.818. The zero-order chi connectivity index (χ0) is 12.7. The number of aromatic nitrogens is 2. The highest BCUT2D eigenvalue weighted by Gasteiger charge is 2.32. The molecule has 0 aliphatic rings. The molecule has 1 N–H and O–H groups in total. The average molecular weight is 259 g/mol. The number of hydrogen-bond acceptors (Lipinski definition) is 6. The van der Waals surface area contributed by atoms with Crippen molar-refractivity contribution in [3.8, 4) is 0 Å². The lowest BCUT2D eigenvalue weighted by Crippen LogP contribution is -2.28. The molecular weight excluding hydrogens is 238 g/mol. The molecule has 1 aromatic heterocycles. The molecular formula is C11H21N3O2S. The molecule has 0 aliphatic carbocycles. The number of methoxy groups -OCH3 is 2. The summed E-state index contributed by atoms with van der Waals surface area (Å²) in [5.41, 5.74) is -0.350. The van der Waals surface area contributed by atoms with Crippen molar-refractivity contribution in [2.45, 2.75) is 32.3 Å². The molecule has 98 valence electrons. The van der Waals surface area contributed by atoms with Gasteiger partial charge in [-0.25, -0.2) is 4.98 Å². The molecule has 0 bridgehead atoms. The largest absolute Gasteiger partial charge is 0.383 e. The lowest BCUT2D eigenvalue weighted by atomic mass is 9.96. The van der Waals surface area contributed by atoms with E-state index in [-0.39, 0.29) is 5.60 Å². The second-order valence-corrected chi connectivity index (χ2v) is 4.50. The van der Waals surface area contributed by atoms with E-state index in [1.165, 1.54) is 11.5 Å². The molecule has 1 aromatic rings.